The lowest BCUT2D eigenvalue weighted by molar-refractivity contribution is -0.137. The SMILES string of the molecule is CCC(CC)C(=O)Nc1ccc(C(F)(F)F)cc1N. The number of anilines is 2. The van der Waals surface area contributed by atoms with E-state index in [9.17, 15) is 18.0 Å². The van der Waals surface area contributed by atoms with Crippen molar-refractivity contribution in [2.24, 2.45) is 5.92 Å². The van der Waals surface area contributed by atoms with Crippen molar-refractivity contribution in [3.63, 3.8) is 0 Å². The fourth-order valence-corrected chi connectivity index (χ4v) is 1.75. The molecule has 1 aromatic carbocycles. The Kier molecular flexibility index (Phi) is 4.80. The highest BCUT2D eigenvalue weighted by molar-refractivity contribution is 5.95. The van der Waals surface area contributed by atoms with Gasteiger partial charge in [-0.15, -0.1) is 0 Å². The maximum absolute atomic E-state index is 12.5. The standard InChI is InChI=1S/C13H17F3N2O/c1-3-8(4-2)12(19)18-11-6-5-9(7-10(11)17)13(14,15)16/h5-8H,3-4,17H2,1-2H3,(H,18,19). The topological polar surface area (TPSA) is 55.1 Å². The number of hydrogen-bond acceptors (Lipinski definition) is 2. The van der Waals surface area contributed by atoms with Crippen LogP contribution in [0.3, 0.4) is 0 Å². The Hall–Kier alpha value is -1.72. The number of rotatable bonds is 4. The zero-order valence-electron chi connectivity index (χ0n) is 10.8. The number of hydrogen-bond donors (Lipinski definition) is 2. The minimum atomic E-state index is -4.44. The molecular weight excluding hydrogens is 257 g/mol. The lowest BCUT2D eigenvalue weighted by atomic mass is 10.0. The van der Waals surface area contributed by atoms with Crippen molar-refractivity contribution < 1.29 is 18.0 Å². The number of benzene rings is 1. The average Bonchev–Trinajstić information content (AvgIpc) is 2.32. The summed E-state index contributed by atoms with van der Waals surface area (Å²) >= 11 is 0. The van der Waals surface area contributed by atoms with Gasteiger partial charge >= 0.3 is 6.18 Å². The molecule has 0 spiro atoms. The molecule has 3 nitrogen and oxygen atoms in total. The fourth-order valence-electron chi connectivity index (χ4n) is 1.75. The van der Waals surface area contributed by atoms with Crippen LogP contribution in [0.25, 0.3) is 0 Å². The summed E-state index contributed by atoms with van der Waals surface area (Å²) in [6.07, 6.45) is -3.10. The van der Waals surface area contributed by atoms with Gasteiger partial charge in [0, 0.05) is 5.92 Å². The van der Waals surface area contributed by atoms with Crippen LogP contribution in [-0.2, 0) is 11.0 Å². The minimum Gasteiger partial charge on any atom is -0.397 e. The van der Waals surface area contributed by atoms with E-state index in [1.165, 1.54) is 6.07 Å². The van der Waals surface area contributed by atoms with Crippen LogP contribution in [0.5, 0.6) is 0 Å². The van der Waals surface area contributed by atoms with Gasteiger partial charge in [0.15, 0.2) is 0 Å². The quantitative estimate of drug-likeness (QED) is 0.823. The van der Waals surface area contributed by atoms with E-state index in [4.69, 9.17) is 5.73 Å². The van der Waals surface area contributed by atoms with Crippen LogP contribution in [-0.4, -0.2) is 5.91 Å². The molecule has 3 N–H and O–H groups in total. The zero-order valence-corrected chi connectivity index (χ0v) is 10.8. The van der Waals surface area contributed by atoms with Gasteiger partial charge in [-0.3, -0.25) is 4.79 Å². The van der Waals surface area contributed by atoms with Crippen LogP contribution in [0, 0.1) is 5.92 Å². The molecule has 0 fully saturated rings. The molecule has 0 radical (unpaired) electrons. The number of nitrogens with one attached hydrogen (secondary N) is 1. The van der Waals surface area contributed by atoms with Crippen LogP contribution in [0.4, 0.5) is 24.5 Å². The normalized spacial score (nSPS) is 11.7. The van der Waals surface area contributed by atoms with E-state index < -0.39 is 11.7 Å². The molecule has 106 valence electrons. The summed E-state index contributed by atoms with van der Waals surface area (Å²) in [5.74, 6) is -0.391. The van der Waals surface area contributed by atoms with Gasteiger partial charge < -0.3 is 11.1 Å². The van der Waals surface area contributed by atoms with Crippen LogP contribution in [0.15, 0.2) is 18.2 Å². The Bertz CT molecular complexity index is 454. The molecule has 0 bridgehead atoms. The van der Waals surface area contributed by atoms with Gasteiger partial charge in [-0.05, 0) is 31.0 Å². The first kappa shape index (κ1) is 15.3. The molecule has 1 rings (SSSR count). The number of alkyl halides is 3. The van der Waals surface area contributed by atoms with E-state index >= 15 is 0 Å². The first-order valence-electron chi connectivity index (χ1n) is 6.07. The molecule has 0 unspecified atom stereocenters. The molecule has 0 aliphatic rings. The predicted octanol–water partition coefficient (Wildman–Crippen LogP) is 3.66. The van der Waals surface area contributed by atoms with E-state index in [1.807, 2.05) is 13.8 Å². The highest BCUT2D eigenvalue weighted by Crippen LogP contribution is 2.33. The van der Waals surface area contributed by atoms with E-state index in [1.54, 1.807) is 0 Å². The second-order valence-corrected chi connectivity index (χ2v) is 4.30. The zero-order chi connectivity index (χ0) is 14.6. The van der Waals surface area contributed by atoms with Gasteiger partial charge in [-0.2, -0.15) is 13.2 Å². The molecule has 1 aromatic rings. The summed E-state index contributed by atoms with van der Waals surface area (Å²) in [7, 11) is 0. The van der Waals surface area contributed by atoms with Crippen molar-refractivity contribution in [3.05, 3.63) is 23.8 Å². The summed E-state index contributed by atoms with van der Waals surface area (Å²) < 4.78 is 37.4. The van der Waals surface area contributed by atoms with Crippen molar-refractivity contribution >= 4 is 17.3 Å². The molecule has 0 saturated heterocycles. The number of nitrogen functional groups attached to an aromatic ring is 1. The van der Waals surface area contributed by atoms with Crippen LogP contribution in [0.2, 0.25) is 0 Å². The van der Waals surface area contributed by atoms with Gasteiger partial charge in [-0.1, -0.05) is 13.8 Å². The average molecular weight is 274 g/mol. The second kappa shape index (κ2) is 5.95. The van der Waals surface area contributed by atoms with Gasteiger partial charge in [0.05, 0.1) is 16.9 Å². The van der Waals surface area contributed by atoms with Crippen molar-refractivity contribution in [1.29, 1.82) is 0 Å². The maximum atomic E-state index is 12.5. The van der Waals surface area contributed by atoms with E-state index in [-0.39, 0.29) is 23.2 Å². The molecule has 0 aromatic heterocycles. The fraction of sp³-hybridized carbons (Fsp3) is 0.462. The smallest absolute Gasteiger partial charge is 0.397 e. The number of nitrogens with two attached hydrogens (primary N) is 1. The van der Waals surface area contributed by atoms with Crippen molar-refractivity contribution in [3.8, 4) is 0 Å². The third kappa shape index (κ3) is 3.87. The number of carbonyl (C=O) groups is 1. The van der Waals surface area contributed by atoms with Crippen LogP contribution >= 0.6 is 0 Å². The lowest BCUT2D eigenvalue weighted by Crippen LogP contribution is -2.22. The molecule has 6 heteroatoms. The third-order valence-corrected chi connectivity index (χ3v) is 2.99. The maximum Gasteiger partial charge on any atom is 0.416 e. The third-order valence-electron chi connectivity index (χ3n) is 2.99. The Morgan fingerprint density at radius 1 is 1.32 bits per heavy atom. The van der Waals surface area contributed by atoms with Gasteiger partial charge in [0.25, 0.3) is 0 Å². The van der Waals surface area contributed by atoms with Gasteiger partial charge in [-0.25, -0.2) is 0 Å². The van der Waals surface area contributed by atoms with Crippen molar-refractivity contribution in [2.75, 3.05) is 11.1 Å². The number of amides is 1. The number of carbonyl (C=O) groups excluding carboxylic acids is 1. The Morgan fingerprint density at radius 3 is 2.32 bits per heavy atom. The second-order valence-electron chi connectivity index (χ2n) is 4.30. The minimum absolute atomic E-state index is 0.0888. The summed E-state index contributed by atoms with van der Waals surface area (Å²) in [5, 5.41) is 2.56. The van der Waals surface area contributed by atoms with Crippen molar-refractivity contribution in [1.82, 2.24) is 0 Å². The molecule has 1 amide bonds. The molecule has 0 aliphatic heterocycles. The Morgan fingerprint density at radius 2 is 1.89 bits per heavy atom. The first-order chi connectivity index (χ1) is 8.79. The monoisotopic (exact) mass is 274 g/mol. The van der Waals surface area contributed by atoms with E-state index in [0.29, 0.717) is 12.8 Å². The molecular formula is C13H17F3N2O. The number of halogens is 3. The van der Waals surface area contributed by atoms with Crippen molar-refractivity contribution in [2.45, 2.75) is 32.9 Å². The van der Waals surface area contributed by atoms with E-state index in [2.05, 4.69) is 5.32 Å². The van der Waals surface area contributed by atoms with Crippen LogP contribution in [0.1, 0.15) is 32.3 Å². The predicted molar refractivity (Wildman–Crippen MR) is 68.6 cm³/mol. The summed E-state index contributed by atoms with van der Waals surface area (Å²) in [5.41, 5.74) is 4.83. The van der Waals surface area contributed by atoms with E-state index in [0.717, 1.165) is 12.1 Å². The molecule has 19 heavy (non-hydrogen) atoms. The highest BCUT2D eigenvalue weighted by atomic mass is 19.4. The molecule has 0 aliphatic carbocycles. The van der Waals surface area contributed by atoms with Gasteiger partial charge in [0.1, 0.15) is 0 Å². The largest absolute Gasteiger partial charge is 0.416 e. The molecule has 0 atom stereocenters. The lowest BCUT2D eigenvalue weighted by Gasteiger charge is -2.15. The Labute approximate surface area is 110 Å². The molecule has 0 heterocycles. The summed E-state index contributed by atoms with van der Waals surface area (Å²) in [6, 6.07) is 2.90. The highest BCUT2D eigenvalue weighted by Gasteiger charge is 2.31. The first-order valence-corrected chi connectivity index (χ1v) is 6.07. The summed E-state index contributed by atoms with van der Waals surface area (Å²) in [6.45, 7) is 3.76. The Balaban J connectivity index is 2.89. The van der Waals surface area contributed by atoms with Crippen LogP contribution < -0.4 is 11.1 Å². The molecule has 0 saturated carbocycles. The summed E-state index contributed by atoms with van der Waals surface area (Å²) in [4.78, 5) is 11.8. The van der Waals surface area contributed by atoms with Gasteiger partial charge in [0.2, 0.25) is 5.91 Å².